The molecule has 4 rings (SSSR count). The van der Waals surface area contributed by atoms with E-state index in [2.05, 4.69) is 30.5 Å². The third-order valence-corrected chi connectivity index (χ3v) is 4.74. The van der Waals surface area contributed by atoms with Crippen molar-refractivity contribution in [3.63, 3.8) is 0 Å². The molecule has 1 amide bonds. The first kappa shape index (κ1) is 17.1. The molecule has 1 unspecified atom stereocenters. The largest absolute Gasteiger partial charge is 0.354 e. The maximum absolute atomic E-state index is 12.7. The molecule has 1 aliphatic rings. The van der Waals surface area contributed by atoms with E-state index in [1.807, 2.05) is 43.5 Å². The second kappa shape index (κ2) is 7.53. The molecule has 1 N–H and O–H groups in total. The van der Waals surface area contributed by atoms with Gasteiger partial charge in [-0.2, -0.15) is 5.10 Å². The highest BCUT2D eigenvalue weighted by molar-refractivity contribution is 5.92. The van der Waals surface area contributed by atoms with E-state index in [0.717, 1.165) is 30.8 Å². The Kier molecular flexibility index (Phi) is 4.78. The van der Waals surface area contributed by atoms with E-state index >= 15 is 0 Å². The van der Waals surface area contributed by atoms with Crippen LogP contribution in [0.1, 0.15) is 18.4 Å². The third kappa shape index (κ3) is 3.79. The average molecular weight is 363 g/mol. The fraction of sp³-hybridized carbons (Fsp3) is 0.316. The van der Waals surface area contributed by atoms with Crippen LogP contribution in [0.2, 0.25) is 0 Å². The predicted molar refractivity (Wildman–Crippen MR) is 102 cm³/mol. The van der Waals surface area contributed by atoms with Crippen molar-refractivity contribution in [2.45, 2.75) is 19.8 Å². The number of carbonyl (C=O) groups excluding carboxylic acids is 1. The number of amides is 1. The molecular formula is C19H21N7O. The highest BCUT2D eigenvalue weighted by atomic mass is 16.2. The second-order valence-electron chi connectivity index (χ2n) is 6.64. The van der Waals surface area contributed by atoms with Crippen molar-refractivity contribution >= 4 is 17.5 Å². The van der Waals surface area contributed by atoms with E-state index in [4.69, 9.17) is 0 Å². The fourth-order valence-corrected chi connectivity index (χ4v) is 3.25. The Hall–Kier alpha value is -3.29. The Morgan fingerprint density at radius 2 is 2.00 bits per heavy atom. The summed E-state index contributed by atoms with van der Waals surface area (Å²) < 4.78 is 1.67. The van der Waals surface area contributed by atoms with Gasteiger partial charge in [0, 0.05) is 31.7 Å². The molecule has 4 heterocycles. The Labute approximate surface area is 157 Å². The van der Waals surface area contributed by atoms with Gasteiger partial charge in [-0.05, 0) is 49.6 Å². The lowest BCUT2D eigenvalue weighted by molar-refractivity contribution is -0.120. The van der Waals surface area contributed by atoms with Crippen molar-refractivity contribution in [1.29, 1.82) is 0 Å². The Morgan fingerprint density at radius 1 is 1.15 bits per heavy atom. The number of hydrogen-bond donors (Lipinski definition) is 1. The number of rotatable bonds is 4. The van der Waals surface area contributed by atoms with E-state index in [0.29, 0.717) is 18.2 Å². The van der Waals surface area contributed by atoms with Gasteiger partial charge in [0.15, 0.2) is 11.6 Å². The third-order valence-electron chi connectivity index (χ3n) is 4.74. The van der Waals surface area contributed by atoms with Crippen LogP contribution in [0.3, 0.4) is 0 Å². The first-order valence-electron chi connectivity index (χ1n) is 9.02. The van der Waals surface area contributed by atoms with Crippen LogP contribution in [-0.2, 0) is 4.79 Å². The summed E-state index contributed by atoms with van der Waals surface area (Å²) in [5.74, 6) is 1.97. The number of aryl methyl sites for hydroxylation is 1. The maximum atomic E-state index is 12.7. The normalized spacial score (nSPS) is 16.9. The van der Waals surface area contributed by atoms with Crippen LogP contribution in [0, 0.1) is 12.8 Å². The number of nitrogens with one attached hydrogen (secondary N) is 1. The van der Waals surface area contributed by atoms with Crippen molar-refractivity contribution in [2.24, 2.45) is 5.92 Å². The molecule has 1 atom stereocenters. The highest BCUT2D eigenvalue weighted by Crippen LogP contribution is 2.23. The van der Waals surface area contributed by atoms with E-state index < -0.39 is 0 Å². The molecule has 3 aromatic rings. The zero-order valence-corrected chi connectivity index (χ0v) is 15.1. The summed E-state index contributed by atoms with van der Waals surface area (Å²) in [6, 6.07) is 9.45. The van der Waals surface area contributed by atoms with Crippen LogP contribution in [0.4, 0.5) is 11.6 Å². The molecule has 0 saturated carbocycles. The van der Waals surface area contributed by atoms with Gasteiger partial charge >= 0.3 is 0 Å². The van der Waals surface area contributed by atoms with E-state index in [1.165, 1.54) is 0 Å². The molecule has 8 heteroatoms. The van der Waals surface area contributed by atoms with Crippen molar-refractivity contribution in [2.75, 3.05) is 23.3 Å². The molecule has 138 valence electrons. The molecule has 1 fully saturated rings. The number of pyridine rings is 1. The number of anilines is 2. The number of nitrogens with zero attached hydrogens (tertiary/aromatic N) is 6. The fourth-order valence-electron chi connectivity index (χ4n) is 3.25. The molecule has 3 aromatic heterocycles. The number of aromatic nitrogens is 5. The van der Waals surface area contributed by atoms with Gasteiger partial charge < -0.3 is 10.2 Å². The Bertz CT molecular complexity index is 908. The summed E-state index contributed by atoms with van der Waals surface area (Å²) >= 11 is 0. The van der Waals surface area contributed by atoms with Crippen LogP contribution >= 0.6 is 0 Å². The van der Waals surface area contributed by atoms with Crippen molar-refractivity contribution in [1.82, 2.24) is 25.0 Å². The minimum absolute atomic E-state index is 0.00243. The zero-order valence-electron chi connectivity index (χ0n) is 15.1. The lowest BCUT2D eigenvalue weighted by Gasteiger charge is -2.32. The molecule has 1 saturated heterocycles. The minimum Gasteiger partial charge on any atom is -0.354 e. The molecule has 27 heavy (non-hydrogen) atoms. The van der Waals surface area contributed by atoms with Gasteiger partial charge in [0.05, 0.1) is 5.92 Å². The van der Waals surface area contributed by atoms with Crippen LogP contribution in [0.5, 0.6) is 0 Å². The van der Waals surface area contributed by atoms with Gasteiger partial charge in [-0.3, -0.25) is 4.79 Å². The van der Waals surface area contributed by atoms with E-state index in [-0.39, 0.29) is 11.8 Å². The van der Waals surface area contributed by atoms with Gasteiger partial charge in [-0.15, -0.1) is 10.2 Å². The number of hydrogen-bond acceptors (Lipinski definition) is 6. The summed E-state index contributed by atoms with van der Waals surface area (Å²) in [6.07, 6.45) is 7.00. The Balaban J connectivity index is 1.43. The maximum Gasteiger partial charge on any atom is 0.230 e. The Morgan fingerprint density at radius 3 is 2.74 bits per heavy atom. The van der Waals surface area contributed by atoms with Gasteiger partial charge in [-0.1, -0.05) is 6.07 Å². The van der Waals surface area contributed by atoms with Gasteiger partial charge in [-0.25, -0.2) is 9.67 Å². The van der Waals surface area contributed by atoms with Crippen LogP contribution in [0.15, 0.2) is 48.9 Å². The van der Waals surface area contributed by atoms with Gasteiger partial charge in [0.2, 0.25) is 5.91 Å². The first-order valence-corrected chi connectivity index (χ1v) is 9.02. The molecule has 0 spiro atoms. The average Bonchev–Trinajstić information content (AvgIpc) is 3.25. The summed E-state index contributed by atoms with van der Waals surface area (Å²) in [6.45, 7) is 3.42. The van der Waals surface area contributed by atoms with Gasteiger partial charge in [0.25, 0.3) is 0 Å². The second-order valence-corrected chi connectivity index (χ2v) is 6.64. The molecule has 1 aliphatic heterocycles. The SMILES string of the molecule is Cc1cccnc1NC(=O)C1CCCN(c2ccc(-n3cccn3)nn2)C1. The lowest BCUT2D eigenvalue weighted by atomic mass is 9.97. The molecule has 0 radical (unpaired) electrons. The number of carbonyl (C=O) groups is 1. The first-order chi connectivity index (χ1) is 13.2. The van der Waals surface area contributed by atoms with Crippen LogP contribution in [0.25, 0.3) is 5.82 Å². The summed E-state index contributed by atoms with van der Waals surface area (Å²) in [7, 11) is 0. The zero-order chi connectivity index (χ0) is 18.6. The van der Waals surface area contributed by atoms with Crippen molar-refractivity contribution in [3.8, 4) is 5.82 Å². The van der Waals surface area contributed by atoms with E-state index in [9.17, 15) is 4.79 Å². The summed E-state index contributed by atoms with van der Waals surface area (Å²) in [5, 5.41) is 15.7. The molecule has 0 bridgehead atoms. The van der Waals surface area contributed by atoms with E-state index in [1.54, 1.807) is 17.1 Å². The lowest BCUT2D eigenvalue weighted by Crippen LogP contribution is -2.41. The molecule has 0 aromatic carbocycles. The van der Waals surface area contributed by atoms with Crippen LogP contribution in [-0.4, -0.2) is 44.0 Å². The molecule has 0 aliphatic carbocycles. The van der Waals surface area contributed by atoms with Crippen molar-refractivity contribution < 1.29 is 4.79 Å². The van der Waals surface area contributed by atoms with Crippen LogP contribution < -0.4 is 10.2 Å². The standard InChI is InChI=1S/C19H21N7O/c1-14-5-2-9-20-18(14)22-19(27)15-6-3-11-25(13-15)16-7-8-17(24-23-16)26-12-4-10-21-26/h2,4-5,7-10,12,15H,3,6,11,13H2,1H3,(H,20,22,27). The van der Waals surface area contributed by atoms with Gasteiger partial charge in [0.1, 0.15) is 5.82 Å². The quantitative estimate of drug-likeness (QED) is 0.765. The number of piperidine rings is 1. The molecular weight excluding hydrogens is 342 g/mol. The highest BCUT2D eigenvalue weighted by Gasteiger charge is 2.27. The smallest absolute Gasteiger partial charge is 0.230 e. The molecule has 8 nitrogen and oxygen atoms in total. The summed E-state index contributed by atoms with van der Waals surface area (Å²) in [5.41, 5.74) is 0.957. The minimum atomic E-state index is -0.104. The predicted octanol–water partition coefficient (Wildman–Crippen LogP) is 2.22. The topological polar surface area (TPSA) is 88.8 Å². The summed E-state index contributed by atoms with van der Waals surface area (Å²) in [4.78, 5) is 19.0. The van der Waals surface area contributed by atoms with Crippen molar-refractivity contribution in [3.05, 3.63) is 54.5 Å². The monoisotopic (exact) mass is 363 g/mol.